The Bertz CT molecular complexity index is 553. The zero-order valence-corrected chi connectivity index (χ0v) is 11.5. The van der Waals surface area contributed by atoms with Crippen LogP contribution in [0.1, 0.15) is 36.0 Å². The van der Waals surface area contributed by atoms with E-state index in [0.717, 1.165) is 12.8 Å². The van der Waals surface area contributed by atoms with Crippen LogP contribution in [-0.4, -0.2) is 17.8 Å². The Morgan fingerprint density at radius 2 is 1.62 bits per heavy atom. The number of aliphatic carboxylic acids is 1. The van der Waals surface area contributed by atoms with E-state index < -0.39 is 23.7 Å². The maximum atomic E-state index is 12.2. The lowest BCUT2D eigenvalue weighted by Crippen LogP contribution is -2.42. The first-order valence-electron chi connectivity index (χ1n) is 6.90. The van der Waals surface area contributed by atoms with E-state index in [1.165, 1.54) is 12.1 Å². The van der Waals surface area contributed by atoms with Crippen LogP contribution >= 0.6 is 0 Å². The van der Waals surface area contributed by atoms with E-state index in [0.29, 0.717) is 24.1 Å². The van der Waals surface area contributed by atoms with Gasteiger partial charge in [-0.05, 0) is 37.1 Å². The van der Waals surface area contributed by atoms with Crippen molar-refractivity contribution in [2.45, 2.75) is 25.7 Å². The maximum Gasteiger partial charge on any atom is 0.248 e. The lowest BCUT2D eigenvalue weighted by atomic mass is 9.78. The minimum Gasteiger partial charge on any atom is -0.550 e. The van der Waals surface area contributed by atoms with Crippen molar-refractivity contribution in [2.75, 3.05) is 5.32 Å². The summed E-state index contributed by atoms with van der Waals surface area (Å²) in [5.41, 5.74) is 5.99. The van der Waals surface area contributed by atoms with E-state index in [2.05, 4.69) is 5.32 Å². The highest BCUT2D eigenvalue weighted by Crippen LogP contribution is 2.30. The van der Waals surface area contributed by atoms with Crippen molar-refractivity contribution in [3.8, 4) is 0 Å². The molecule has 21 heavy (non-hydrogen) atoms. The minimum absolute atomic E-state index is 0.323. The molecule has 1 aromatic rings. The molecule has 6 heteroatoms. The second kappa shape index (κ2) is 6.39. The SMILES string of the molecule is NC(=O)c1ccc(NC(=O)[C@H]2CCCC[C@H]2C(=O)[O-])cc1. The fourth-order valence-corrected chi connectivity index (χ4v) is 2.68. The highest BCUT2D eigenvalue weighted by atomic mass is 16.4. The monoisotopic (exact) mass is 289 g/mol. The van der Waals surface area contributed by atoms with Crippen molar-refractivity contribution >= 4 is 23.5 Å². The highest BCUT2D eigenvalue weighted by Gasteiger charge is 2.31. The fraction of sp³-hybridized carbons (Fsp3) is 0.400. The van der Waals surface area contributed by atoms with Crippen molar-refractivity contribution in [3.05, 3.63) is 29.8 Å². The van der Waals surface area contributed by atoms with Crippen LogP contribution < -0.4 is 16.2 Å². The molecular weight excluding hydrogens is 272 g/mol. The first-order valence-corrected chi connectivity index (χ1v) is 6.90. The number of primary amides is 1. The number of carboxylic acid groups (broad SMARTS) is 1. The molecule has 2 amide bonds. The molecule has 2 rings (SSSR count). The van der Waals surface area contributed by atoms with E-state index in [1.807, 2.05) is 0 Å². The van der Waals surface area contributed by atoms with E-state index in [9.17, 15) is 19.5 Å². The fourth-order valence-electron chi connectivity index (χ4n) is 2.68. The Hall–Kier alpha value is -2.37. The van der Waals surface area contributed by atoms with E-state index in [-0.39, 0.29) is 5.91 Å². The van der Waals surface area contributed by atoms with Crippen LogP contribution in [0.4, 0.5) is 5.69 Å². The van der Waals surface area contributed by atoms with Crippen LogP contribution in [-0.2, 0) is 9.59 Å². The first kappa shape index (κ1) is 15.0. The average molecular weight is 289 g/mol. The van der Waals surface area contributed by atoms with Crippen molar-refractivity contribution in [1.29, 1.82) is 0 Å². The summed E-state index contributed by atoms with van der Waals surface area (Å²) in [6, 6.07) is 6.15. The predicted molar refractivity (Wildman–Crippen MR) is 74.0 cm³/mol. The topological polar surface area (TPSA) is 112 Å². The van der Waals surface area contributed by atoms with Gasteiger partial charge in [0, 0.05) is 29.1 Å². The Balaban J connectivity index is 2.05. The molecule has 1 aliphatic rings. The number of amides is 2. The van der Waals surface area contributed by atoms with E-state index in [1.54, 1.807) is 12.1 Å². The molecule has 1 fully saturated rings. The summed E-state index contributed by atoms with van der Waals surface area (Å²) in [7, 11) is 0. The smallest absolute Gasteiger partial charge is 0.248 e. The maximum absolute atomic E-state index is 12.2. The van der Waals surface area contributed by atoms with Gasteiger partial charge in [0.15, 0.2) is 0 Å². The summed E-state index contributed by atoms with van der Waals surface area (Å²) in [4.78, 5) is 34.3. The van der Waals surface area contributed by atoms with Gasteiger partial charge in [0.25, 0.3) is 0 Å². The van der Waals surface area contributed by atoms with Gasteiger partial charge in [-0.15, -0.1) is 0 Å². The normalized spacial score (nSPS) is 21.5. The first-order chi connectivity index (χ1) is 9.99. The van der Waals surface area contributed by atoms with Crippen molar-refractivity contribution in [1.82, 2.24) is 0 Å². The number of carbonyl (C=O) groups is 3. The Kier molecular flexibility index (Phi) is 4.57. The third-order valence-electron chi connectivity index (χ3n) is 3.84. The highest BCUT2D eigenvalue weighted by molar-refractivity contribution is 5.96. The third kappa shape index (κ3) is 3.59. The van der Waals surface area contributed by atoms with Gasteiger partial charge in [-0.25, -0.2) is 0 Å². The molecule has 0 radical (unpaired) electrons. The van der Waals surface area contributed by atoms with Crippen molar-refractivity contribution in [2.24, 2.45) is 17.6 Å². The zero-order chi connectivity index (χ0) is 15.4. The number of nitrogens with two attached hydrogens (primary N) is 1. The van der Waals surface area contributed by atoms with Crippen LogP contribution in [0.5, 0.6) is 0 Å². The summed E-state index contributed by atoms with van der Waals surface area (Å²) in [5, 5.41) is 13.8. The third-order valence-corrected chi connectivity index (χ3v) is 3.84. The van der Waals surface area contributed by atoms with Gasteiger partial charge in [0.1, 0.15) is 0 Å². The Labute approximate surface area is 122 Å². The summed E-state index contributed by atoms with van der Waals surface area (Å²) in [6.45, 7) is 0. The predicted octanol–water partition coefficient (Wildman–Crippen LogP) is 0.280. The Morgan fingerprint density at radius 1 is 1.05 bits per heavy atom. The molecule has 0 bridgehead atoms. The molecule has 0 saturated heterocycles. The van der Waals surface area contributed by atoms with Crippen LogP contribution in [0.15, 0.2) is 24.3 Å². The Morgan fingerprint density at radius 3 is 2.14 bits per heavy atom. The second-order valence-electron chi connectivity index (χ2n) is 5.25. The number of anilines is 1. The average Bonchev–Trinajstić information content (AvgIpc) is 2.47. The van der Waals surface area contributed by atoms with Crippen LogP contribution in [0.3, 0.4) is 0 Å². The number of nitrogens with one attached hydrogen (secondary N) is 1. The molecule has 0 heterocycles. The molecule has 6 nitrogen and oxygen atoms in total. The van der Waals surface area contributed by atoms with E-state index >= 15 is 0 Å². The molecule has 1 aromatic carbocycles. The lowest BCUT2D eigenvalue weighted by Gasteiger charge is -2.31. The molecule has 1 aliphatic carbocycles. The zero-order valence-electron chi connectivity index (χ0n) is 11.5. The van der Waals surface area contributed by atoms with Gasteiger partial charge in [0.05, 0.1) is 0 Å². The molecule has 3 N–H and O–H groups in total. The summed E-state index contributed by atoms with van der Waals surface area (Å²) in [6.07, 6.45) is 2.66. The number of hydrogen-bond donors (Lipinski definition) is 2. The molecule has 0 unspecified atom stereocenters. The summed E-state index contributed by atoms with van der Waals surface area (Å²) in [5.74, 6) is -3.34. The van der Waals surface area contributed by atoms with Gasteiger partial charge >= 0.3 is 0 Å². The van der Waals surface area contributed by atoms with Crippen LogP contribution in [0.25, 0.3) is 0 Å². The molecule has 0 spiro atoms. The van der Waals surface area contributed by atoms with Crippen LogP contribution in [0, 0.1) is 11.8 Å². The largest absolute Gasteiger partial charge is 0.550 e. The molecule has 112 valence electrons. The van der Waals surface area contributed by atoms with Gasteiger partial charge in [-0.3, -0.25) is 9.59 Å². The van der Waals surface area contributed by atoms with Gasteiger partial charge in [-0.2, -0.15) is 0 Å². The lowest BCUT2D eigenvalue weighted by molar-refractivity contribution is -0.313. The minimum atomic E-state index is -1.17. The number of carbonyl (C=O) groups excluding carboxylic acids is 3. The summed E-state index contributed by atoms with van der Waals surface area (Å²) >= 11 is 0. The number of carboxylic acids is 1. The van der Waals surface area contributed by atoms with E-state index in [4.69, 9.17) is 5.73 Å². The second-order valence-corrected chi connectivity index (χ2v) is 5.25. The van der Waals surface area contributed by atoms with Gasteiger partial charge in [-0.1, -0.05) is 12.8 Å². The van der Waals surface area contributed by atoms with Crippen molar-refractivity contribution < 1.29 is 19.5 Å². The van der Waals surface area contributed by atoms with Gasteiger partial charge < -0.3 is 21.0 Å². The van der Waals surface area contributed by atoms with Crippen LogP contribution in [0.2, 0.25) is 0 Å². The van der Waals surface area contributed by atoms with Crippen molar-refractivity contribution in [3.63, 3.8) is 0 Å². The molecule has 1 saturated carbocycles. The molecule has 2 atom stereocenters. The number of rotatable bonds is 4. The number of hydrogen-bond acceptors (Lipinski definition) is 4. The quantitative estimate of drug-likeness (QED) is 0.828. The molecule has 0 aromatic heterocycles. The summed E-state index contributed by atoms with van der Waals surface area (Å²) < 4.78 is 0. The number of benzene rings is 1. The van der Waals surface area contributed by atoms with Gasteiger partial charge in [0.2, 0.25) is 11.8 Å². The standard InChI is InChI=1S/C15H18N2O4/c16-13(18)9-5-7-10(8-6-9)17-14(19)11-3-1-2-4-12(11)15(20)21/h5-8,11-12H,1-4H2,(H2,16,18)(H,17,19)(H,20,21)/p-1/t11-,12+/m0/s1. The molecular formula is C15H17N2O4-. The molecule has 0 aliphatic heterocycles.